The molecule has 250 valence electrons. The Morgan fingerprint density at radius 1 is 1.02 bits per heavy atom. The topological polar surface area (TPSA) is 132 Å². The first-order valence-corrected chi connectivity index (χ1v) is 17.1. The molecule has 0 unspecified atom stereocenters. The van der Waals surface area contributed by atoms with Crippen LogP contribution < -0.4 is 20.7 Å². The molecule has 0 radical (unpaired) electrons. The summed E-state index contributed by atoms with van der Waals surface area (Å²) < 4.78 is 7.56. The van der Waals surface area contributed by atoms with Crippen LogP contribution >= 0.6 is 0 Å². The molecule has 4 aromatic rings. The van der Waals surface area contributed by atoms with Gasteiger partial charge in [0.2, 0.25) is 0 Å². The van der Waals surface area contributed by atoms with Gasteiger partial charge in [-0.25, -0.2) is 9.97 Å². The van der Waals surface area contributed by atoms with Crippen LogP contribution in [-0.2, 0) is 30.7 Å². The van der Waals surface area contributed by atoms with E-state index >= 15 is 0 Å². The first-order valence-electron chi connectivity index (χ1n) is 17.1. The van der Waals surface area contributed by atoms with Gasteiger partial charge in [0.15, 0.2) is 0 Å². The molecule has 1 atom stereocenters. The van der Waals surface area contributed by atoms with Crippen molar-refractivity contribution < 1.29 is 14.6 Å². The highest BCUT2D eigenvalue weighted by Crippen LogP contribution is 2.35. The molecule has 0 spiro atoms. The number of rotatable bonds is 7. The summed E-state index contributed by atoms with van der Waals surface area (Å²) in [4.78, 5) is 45.7. The Labute approximate surface area is 279 Å². The summed E-state index contributed by atoms with van der Waals surface area (Å²) in [5.41, 5.74) is 6.98. The molecular formula is C36H42N8O4. The summed E-state index contributed by atoms with van der Waals surface area (Å²) in [6.45, 7) is 9.47. The predicted molar refractivity (Wildman–Crippen MR) is 184 cm³/mol. The molecule has 1 amide bonds. The van der Waals surface area contributed by atoms with Crippen LogP contribution in [-0.4, -0.2) is 86.9 Å². The van der Waals surface area contributed by atoms with Gasteiger partial charge in [-0.1, -0.05) is 0 Å². The number of H-pyrrole nitrogens is 1. The lowest BCUT2D eigenvalue weighted by Crippen LogP contribution is -2.59. The molecule has 7 heterocycles. The number of carbonyl (C=O) groups excluding carboxylic acids is 1. The van der Waals surface area contributed by atoms with Gasteiger partial charge in [0.1, 0.15) is 23.0 Å². The molecule has 3 N–H and O–H groups in total. The molecule has 2 fully saturated rings. The summed E-state index contributed by atoms with van der Waals surface area (Å²) >= 11 is 0. The fourth-order valence-electron chi connectivity index (χ4n) is 7.86. The first kappa shape index (κ1) is 30.8. The third kappa shape index (κ3) is 5.37. The van der Waals surface area contributed by atoms with Gasteiger partial charge < -0.3 is 29.6 Å². The maximum absolute atomic E-state index is 13.8. The van der Waals surface area contributed by atoms with E-state index in [4.69, 9.17) is 4.74 Å². The number of nitrogens with zero attached hydrogens (tertiary/aromatic N) is 6. The van der Waals surface area contributed by atoms with Gasteiger partial charge in [-0.3, -0.25) is 19.4 Å². The molecule has 4 aliphatic rings. The standard InChI is InChI=1S/C36H42N8O4/c1-22-18-41(26-20-48-21-26)11-12-42(22)25-7-8-33(38-17-25)40-30-16-28(23(2)39-35(30)46)27-9-10-37-34(29(27)19-45)44-14-13-43-31-6-4-3-5-24(31)15-32(43)36(44)47/h7-10,15-17,22,26,45H,3-6,11-14,18-21H2,1-2H3,(H,38,40)(H,39,46)/t22-/m0/s1. The van der Waals surface area contributed by atoms with Gasteiger partial charge in [-0.2, -0.15) is 0 Å². The molecule has 8 rings (SSSR count). The Kier molecular flexibility index (Phi) is 8.02. The number of anilines is 4. The Bertz CT molecular complexity index is 1910. The largest absolute Gasteiger partial charge is 0.392 e. The van der Waals surface area contributed by atoms with Crippen molar-refractivity contribution in [2.24, 2.45) is 0 Å². The van der Waals surface area contributed by atoms with Crippen LogP contribution in [0.1, 0.15) is 52.8 Å². The highest BCUT2D eigenvalue weighted by Gasteiger charge is 2.34. The monoisotopic (exact) mass is 650 g/mol. The minimum Gasteiger partial charge on any atom is -0.392 e. The van der Waals surface area contributed by atoms with Gasteiger partial charge in [0.05, 0.1) is 37.7 Å². The van der Waals surface area contributed by atoms with Crippen molar-refractivity contribution in [2.45, 2.75) is 64.8 Å². The number of nitrogens with one attached hydrogen (secondary N) is 2. The van der Waals surface area contributed by atoms with E-state index in [2.05, 4.69) is 41.6 Å². The number of hydrogen-bond acceptors (Lipinski definition) is 9. The number of fused-ring (bicyclic) bond motifs is 3. The fourth-order valence-corrected chi connectivity index (χ4v) is 7.86. The number of ether oxygens (including phenoxy) is 1. The van der Waals surface area contributed by atoms with Gasteiger partial charge in [-0.05, 0) is 81.0 Å². The second-order valence-corrected chi connectivity index (χ2v) is 13.4. The Hall–Kier alpha value is -4.52. The maximum atomic E-state index is 13.8. The third-order valence-corrected chi connectivity index (χ3v) is 10.5. The molecule has 0 aromatic carbocycles. The SMILES string of the molecule is Cc1[nH]c(=O)c(Nc2ccc(N3CCN(C4COC4)C[C@@H]3C)cn2)cc1-c1ccnc(N2CCn3c(cc4c3CCCC4)C2=O)c1CO. The summed E-state index contributed by atoms with van der Waals surface area (Å²) in [6.07, 6.45) is 7.83. The zero-order valence-corrected chi connectivity index (χ0v) is 27.5. The summed E-state index contributed by atoms with van der Waals surface area (Å²) in [5, 5.41) is 13.9. The molecule has 12 nitrogen and oxygen atoms in total. The van der Waals surface area contributed by atoms with Gasteiger partial charge >= 0.3 is 0 Å². The van der Waals surface area contributed by atoms with Crippen LogP contribution in [0.2, 0.25) is 0 Å². The summed E-state index contributed by atoms with van der Waals surface area (Å²) in [6, 6.07) is 10.5. The van der Waals surface area contributed by atoms with Crippen molar-refractivity contribution in [3.8, 4) is 11.1 Å². The number of aliphatic hydroxyl groups excluding tert-OH is 1. The van der Waals surface area contributed by atoms with Crippen molar-refractivity contribution in [1.82, 2.24) is 24.4 Å². The molecule has 12 heteroatoms. The van der Waals surface area contributed by atoms with E-state index in [1.165, 1.54) is 11.3 Å². The molecule has 1 aliphatic carbocycles. The Morgan fingerprint density at radius 2 is 1.88 bits per heavy atom. The van der Waals surface area contributed by atoms with Crippen molar-refractivity contribution in [3.63, 3.8) is 0 Å². The highest BCUT2D eigenvalue weighted by atomic mass is 16.5. The quantitative estimate of drug-likeness (QED) is 0.275. The van der Waals surface area contributed by atoms with Crippen molar-refractivity contribution in [1.29, 1.82) is 0 Å². The van der Waals surface area contributed by atoms with Crippen LogP contribution in [0.25, 0.3) is 11.1 Å². The van der Waals surface area contributed by atoms with Crippen molar-refractivity contribution >= 4 is 28.9 Å². The van der Waals surface area contributed by atoms with E-state index in [9.17, 15) is 14.7 Å². The third-order valence-electron chi connectivity index (χ3n) is 10.5. The average molecular weight is 651 g/mol. The van der Waals surface area contributed by atoms with E-state index < -0.39 is 0 Å². The lowest BCUT2D eigenvalue weighted by atomic mass is 9.98. The number of pyridine rings is 3. The molecule has 4 aromatic heterocycles. The van der Waals surface area contributed by atoms with Crippen LogP contribution in [0.4, 0.5) is 23.0 Å². The summed E-state index contributed by atoms with van der Waals surface area (Å²) in [5.74, 6) is 0.896. The smallest absolute Gasteiger partial charge is 0.276 e. The number of amides is 1. The number of piperazine rings is 1. The zero-order chi connectivity index (χ0) is 32.9. The van der Waals surface area contributed by atoms with E-state index in [0.717, 1.165) is 69.8 Å². The van der Waals surface area contributed by atoms with Crippen LogP contribution in [0.5, 0.6) is 0 Å². The molecule has 48 heavy (non-hydrogen) atoms. The molecular weight excluding hydrogens is 608 g/mol. The zero-order valence-electron chi connectivity index (χ0n) is 27.5. The van der Waals surface area contributed by atoms with E-state index in [1.54, 1.807) is 17.2 Å². The predicted octanol–water partition coefficient (Wildman–Crippen LogP) is 3.63. The van der Waals surface area contributed by atoms with Crippen LogP contribution in [0.3, 0.4) is 0 Å². The lowest BCUT2D eigenvalue weighted by molar-refractivity contribution is -0.0691. The highest BCUT2D eigenvalue weighted by molar-refractivity contribution is 6.06. The normalized spacial score (nSPS) is 20.0. The van der Waals surface area contributed by atoms with Crippen LogP contribution in [0, 0.1) is 6.92 Å². The number of carbonyl (C=O) groups is 1. The van der Waals surface area contributed by atoms with Gasteiger partial charge in [0, 0.05) is 67.5 Å². The Balaban J connectivity index is 1.04. The lowest BCUT2D eigenvalue weighted by Gasteiger charge is -2.46. The van der Waals surface area contributed by atoms with Crippen molar-refractivity contribution in [3.05, 3.63) is 81.3 Å². The average Bonchev–Trinajstić information content (AvgIpc) is 3.45. The maximum Gasteiger partial charge on any atom is 0.276 e. The van der Waals surface area contributed by atoms with Crippen LogP contribution in [0.15, 0.2) is 47.5 Å². The minimum absolute atomic E-state index is 0.102. The second kappa shape index (κ2) is 12.5. The number of aromatic nitrogens is 4. The molecule has 0 saturated carbocycles. The second-order valence-electron chi connectivity index (χ2n) is 13.4. The summed E-state index contributed by atoms with van der Waals surface area (Å²) in [7, 11) is 0. The van der Waals surface area contributed by atoms with Gasteiger partial charge in [0.25, 0.3) is 11.5 Å². The van der Waals surface area contributed by atoms with E-state index in [1.807, 2.05) is 37.4 Å². The van der Waals surface area contributed by atoms with Gasteiger partial charge in [-0.15, -0.1) is 0 Å². The molecule has 2 saturated heterocycles. The number of aromatic amines is 1. The van der Waals surface area contributed by atoms with Crippen molar-refractivity contribution in [2.75, 3.05) is 54.5 Å². The number of aryl methyl sites for hydroxylation is 2. The fraction of sp³-hybridized carbons (Fsp3) is 0.444. The molecule has 3 aliphatic heterocycles. The van der Waals surface area contributed by atoms with E-state index in [-0.39, 0.29) is 18.1 Å². The molecule has 0 bridgehead atoms. The first-order chi connectivity index (χ1) is 23.4. The number of aliphatic hydroxyl groups is 1. The Morgan fingerprint density at radius 3 is 2.62 bits per heavy atom. The van der Waals surface area contributed by atoms with E-state index in [0.29, 0.717) is 65.0 Å². The number of hydrogen-bond donors (Lipinski definition) is 3. The minimum atomic E-state index is -0.314.